The molecule has 1 unspecified atom stereocenters. The molecule has 0 spiro atoms. The summed E-state index contributed by atoms with van der Waals surface area (Å²) in [4.78, 5) is 10.8. The van der Waals surface area contributed by atoms with Crippen molar-refractivity contribution in [1.82, 2.24) is 0 Å². The SMILES string of the molecule is CC(COc1cccc(CCN)c1)C(N)=O. The maximum Gasteiger partial charge on any atom is 0.223 e. The summed E-state index contributed by atoms with van der Waals surface area (Å²) in [5.74, 6) is 0.121. The van der Waals surface area contributed by atoms with Gasteiger partial charge in [0.1, 0.15) is 5.75 Å². The summed E-state index contributed by atoms with van der Waals surface area (Å²) < 4.78 is 5.47. The topological polar surface area (TPSA) is 78.3 Å². The van der Waals surface area contributed by atoms with Crippen molar-refractivity contribution in [3.05, 3.63) is 29.8 Å². The molecule has 0 aliphatic heterocycles. The second-order valence-electron chi connectivity index (χ2n) is 3.80. The van der Waals surface area contributed by atoms with Crippen LogP contribution in [0.5, 0.6) is 5.75 Å². The quantitative estimate of drug-likeness (QED) is 0.743. The van der Waals surface area contributed by atoms with E-state index in [0.29, 0.717) is 13.2 Å². The first-order valence-electron chi connectivity index (χ1n) is 5.34. The Morgan fingerprint density at radius 2 is 2.25 bits per heavy atom. The lowest BCUT2D eigenvalue weighted by molar-refractivity contribution is -0.122. The maximum atomic E-state index is 10.8. The first-order chi connectivity index (χ1) is 7.63. The first kappa shape index (κ1) is 12.5. The summed E-state index contributed by atoms with van der Waals surface area (Å²) in [6, 6.07) is 7.70. The smallest absolute Gasteiger partial charge is 0.223 e. The fraction of sp³-hybridized carbons (Fsp3) is 0.417. The maximum absolute atomic E-state index is 10.8. The van der Waals surface area contributed by atoms with Gasteiger partial charge in [0.2, 0.25) is 5.91 Å². The van der Waals surface area contributed by atoms with Crippen LogP contribution in [0.1, 0.15) is 12.5 Å². The van der Waals surface area contributed by atoms with Gasteiger partial charge in [-0.05, 0) is 30.7 Å². The van der Waals surface area contributed by atoms with Gasteiger partial charge in [0.25, 0.3) is 0 Å². The van der Waals surface area contributed by atoms with Gasteiger partial charge < -0.3 is 16.2 Å². The standard InChI is InChI=1S/C12H18N2O2/c1-9(12(14)15)8-16-11-4-2-3-10(7-11)5-6-13/h2-4,7,9H,5-6,8,13H2,1H3,(H2,14,15). The molecular formula is C12H18N2O2. The Balaban J connectivity index is 2.53. The third-order valence-corrected chi connectivity index (χ3v) is 2.32. The van der Waals surface area contributed by atoms with Crippen molar-refractivity contribution in [2.75, 3.05) is 13.2 Å². The monoisotopic (exact) mass is 222 g/mol. The predicted molar refractivity (Wildman–Crippen MR) is 63.1 cm³/mol. The molecule has 4 heteroatoms. The highest BCUT2D eigenvalue weighted by atomic mass is 16.5. The molecule has 0 saturated carbocycles. The van der Waals surface area contributed by atoms with E-state index in [2.05, 4.69) is 0 Å². The van der Waals surface area contributed by atoms with Gasteiger partial charge in [-0.25, -0.2) is 0 Å². The van der Waals surface area contributed by atoms with Crippen LogP contribution in [-0.4, -0.2) is 19.1 Å². The average Bonchev–Trinajstić information content (AvgIpc) is 2.26. The number of hydrogen-bond acceptors (Lipinski definition) is 3. The molecule has 4 nitrogen and oxygen atoms in total. The number of primary amides is 1. The van der Waals surface area contributed by atoms with Gasteiger partial charge >= 0.3 is 0 Å². The summed E-state index contributed by atoms with van der Waals surface area (Å²) in [5.41, 5.74) is 11.7. The lowest BCUT2D eigenvalue weighted by Crippen LogP contribution is -2.25. The molecule has 0 aliphatic carbocycles. The third-order valence-electron chi connectivity index (χ3n) is 2.32. The molecule has 1 rings (SSSR count). The van der Waals surface area contributed by atoms with E-state index in [1.807, 2.05) is 24.3 Å². The summed E-state index contributed by atoms with van der Waals surface area (Å²) >= 11 is 0. The molecule has 16 heavy (non-hydrogen) atoms. The van der Waals surface area contributed by atoms with Crippen molar-refractivity contribution in [1.29, 1.82) is 0 Å². The second kappa shape index (κ2) is 6.12. The second-order valence-corrected chi connectivity index (χ2v) is 3.80. The summed E-state index contributed by atoms with van der Waals surface area (Å²) in [6.07, 6.45) is 0.822. The lowest BCUT2D eigenvalue weighted by Gasteiger charge is -2.10. The van der Waals surface area contributed by atoms with Crippen molar-refractivity contribution < 1.29 is 9.53 Å². The van der Waals surface area contributed by atoms with E-state index < -0.39 is 0 Å². The third kappa shape index (κ3) is 3.90. The zero-order valence-corrected chi connectivity index (χ0v) is 9.48. The largest absolute Gasteiger partial charge is 0.493 e. The van der Waals surface area contributed by atoms with Crippen LogP contribution in [0.2, 0.25) is 0 Å². The number of rotatable bonds is 6. The summed E-state index contributed by atoms with van der Waals surface area (Å²) in [6.45, 7) is 2.66. The van der Waals surface area contributed by atoms with Crippen molar-refractivity contribution >= 4 is 5.91 Å². The lowest BCUT2D eigenvalue weighted by atomic mass is 10.1. The van der Waals surface area contributed by atoms with Crippen LogP contribution < -0.4 is 16.2 Å². The van der Waals surface area contributed by atoms with E-state index in [4.69, 9.17) is 16.2 Å². The molecule has 0 fully saturated rings. The number of ether oxygens (including phenoxy) is 1. The number of hydrogen-bond donors (Lipinski definition) is 2. The first-order valence-corrected chi connectivity index (χ1v) is 5.34. The highest BCUT2D eigenvalue weighted by molar-refractivity contribution is 5.76. The molecule has 1 aromatic carbocycles. The zero-order chi connectivity index (χ0) is 12.0. The van der Waals surface area contributed by atoms with Crippen molar-refractivity contribution in [2.45, 2.75) is 13.3 Å². The molecule has 0 aliphatic rings. The number of nitrogens with two attached hydrogens (primary N) is 2. The van der Waals surface area contributed by atoms with E-state index in [1.54, 1.807) is 6.92 Å². The van der Waals surface area contributed by atoms with Gasteiger partial charge in [0.05, 0.1) is 12.5 Å². The predicted octanol–water partition coefficient (Wildman–Crippen LogP) is 0.688. The molecule has 0 heterocycles. The minimum absolute atomic E-state index is 0.279. The van der Waals surface area contributed by atoms with Crippen LogP contribution in [0.3, 0.4) is 0 Å². The number of carbonyl (C=O) groups excluding carboxylic acids is 1. The number of benzene rings is 1. The molecular weight excluding hydrogens is 204 g/mol. The highest BCUT2D eigenvalue weighted by Gasteiger charge is 2.09. The molecule has 1 aromatic rings. The molecule has 0 saturated heterocycles. The van der Waals surface area contributed by atoms with Gasteiger partial charge in [-0.1, -0.05) is 19.1 Å². The normalized spacial score (nSPS) is 12.1. The Bertz CT molecular complexity index is 353. The minimum atomic E-state index is -0.349. The van der Waals surface area contributed by atoms with E-state index in [1.165, 1.54) is 0 Å². The van der Waals surface area contributed by atoms with Crippen LogP contribution in [0.25, 0.3) is 0 Å². The van der Waals surface area contributed by atoms with Crippen LogP contribution >= 0.6 is 0 Å². The van der Waals surface area contributed by atoms with Crippen LogP contribution in [0.15, 0.2) is 24.3 Å². The Morgan fingerprint density at radius 1 is 1.50 bits per heavy atom. The molecule has 1 amide bonds. The van der Waals surface area contributed by atoms with Gasteiger partial charge in [-0.2, -0.15) is 0 Å². The molecule has 0 bridgehead atoms. The Kier molecular flexibility index (Phi) is 4.79. The Morgan fingerprint density at radius 3 is 2.88 bits per heavy atom. The minimum Gasteiger partial charge on any atom is -0.493 e. The fourth-order valence-corrected chi connectivity index (χ4v) is 1.26. The summed E-state index contributed by atoms with van der Waals surface area (Å²) in [7, 11) is 0. The van der Waals surface area contributed by atoms with Crippen molar-refractivity contribution in [3.8, 4) is 5.75 Å². The zero-order valence-electron chi connectivity index (χ0n) is 9.48. The van der Waals surface area contributed by atoms with E-state index in [9.17, 15) is 4.79 Å². The van der Waals surface area contributed by atoms with Crippen LogP contribution in [0.4, 0.5) is 0 Å². The van der Waals surface area contributed by atoms with Gasteiger partial charge in [0.15, 0.2) is 0 Å². The van der Waals surface area contributed by atoms with Crippen LogP contribution in [0, 0.1) is 5.92 Å². The van der Waals surface area contributed by atoms with E-state index >= 15 is 0 Å². The highest BCUT2D eigenvalue weighted by Crippen LogP contribution is 2.14. The molecule has 88 valence electrons. The van der Waals surface area contributed by atoms with Crippen molar-refractivity contribution in [3.63, 3.8) is 0 Å². The Hall–Kier alpha value is -1.55. The fourth-order valence-electron chi connectivity index (χ4n) is 1.26. The molecule has 0 aromatic heterocycles. The average molecular weight is 222 g/mol. The van der Waals surface area contributed by atoms with Crippen LogP contribution in [-0.2, 0) is 11.2 Å². The Labute approximate surface area is 95.6 Å². The summed E-state index contributed by atoms with van der Waals surface area (Å²) in [5, 5.41) is 0. The van der Waals surface area contributed by atoms with E-state index in [-0.39, 0.29) is 11.8 Å². The number of carbonyl (C=O) groups is 1. The molecule has 4 N–H and O–H groups in total. The van der Waals surface area contributed by atoms with Crippen molar-refractivity contribution in [2.24, 2.45) is 17.4 Å². The molecule has 1 atom stereocenters. The molecule has 0 radical (unpaired) electrons. The van der Waals surface area contributed by atoms with Gasteiger partial charge in [0, 0.05) is 0 Å². The van der Waals surface area contributed by atoms with E-state index in [0.717, 1.165) is 17.7 Å². The number of amides is 1. The van der Waals surface area contributed by atoms with Gasteiger partial charge in [-0.15, -0.1) is 0 Å². The van der Waals surface area contributed by atoms with Gasteiger partial charge in [-0.3, -0.25) is 4.79 Å².